The molecule has 0 unspecified atom stereocenters. The van der Waals surface area contributed by atoms with Crippen molar-refractivity contribution in [3.63, 3.8) is 0 Å². The molecule has 2 aliphatic rings. The number of halogens is 1. The van der Waals surface area contributed by atoms with Gasteiger partial charge in [0.25, 0.3) is 0 Å². The number of aliphatic hydroxyl groups is 1. The Hall–Kier alpha value is -0.770. The van der Waals surface area contributed by atoms with Crippen LogP contribution in [0.3, 0.4) is 0 Å². The topological polar surface area (TPSA) is 43.7 Å². The van der Waals surface area contributed by atoms with Crippen LogP contribution in [0.25, 0.3) is 0 Å². The summed E-state index contributed by atoms with van der Waals surface area (Å²) in [6, 6.07) is 7.78. The van der Waals surface area contributed by atoms with E-state index in [0.29, 0.717) is 17.6 Å². The fourth-order valence-corrected chi connectivity index (χ4v) is 4.88. The van der Waals surface area contributed by atoms with E-state index in [-0.39, 0.29) is 23.9 Å². The third-order valence-electron chi connectivity index (χ3n) is 7.01. The summed E-state index contributed by atoms with van der Waals surface area (Å²) in [5.41, 5.74) is 1.37. The summed E-state index contributed by atoms with van der Waals surface area (Å²) >= 11 is 0. The maximum atomic E-state index is 10.5. The highest BCUT2D eigenvalue weighted by molar-refractivity contribution is 5.85. The van der Waals surface area contributed by atoms with Gasteiger partial charge in [-0.1, -0.05) is 45.2 Å². The van der Waals surface area contributed by atoms with Crippen LogP contribution in [0.5, 0.6) is 5.75 Å². The van der Waals surface area contributed by atoms with E-state index in [1.54, 1.807) is 6.07 Å². The Bertz CT molecular complexity index is 561. The maximum absolute atomic E-state index is 10.5. The lowest BCUT2D eigenvalue weighted by atomic mass is 9.68. The van der Waals surface area contributed by atoms with E-state index in [4.69, 9.17) is 0 Å². The zero-order valence-electron chi connectivity index (χ0n) is 16.4. The summed E-state index contributed by atoms with van der Waals surface area (Å²) < 4.78 is 0. The molecule has 0 spiro atoms. The Balaban J connectivity index is 0.00000243. The van der Waals surface area contributed by atoms with Gasteiger partial charge in [0.1, 0.15) is 5.75 Å². The van der Waals surface area contributed by atoms with Crippen LogP contribution in [0, 0.1) is 11.8 Å². The quantitative estimate of drug-likeness (QED) is 0.773. The van der Waals surface area contributed by atoms with Crippen molar-refractivity contribution in [1.29, 1.82) is 0 Å². The summed E-state index contributed by atoms with van der Waals surface area (Å²) in [6.45, 7) is 7.82. The van der Waals surface area contributed by atoms with E-state index in [1.807, 2.05) is 12.1 Å². The zero-order valence-corrected chi connectivity index (χ0v) is 17.2. The van der Waals surface area contributed by atoms with E-state index < -0.39 is 0 Å². The first kappa shape index (κ1) is 21.5. The van der Waals surface area contributed by atoms with Crippen LogP contribution in [-0.4, -0.2) is 40.9 Å². The summed E-state index contributed by atoms with van der Waals surface area (Å²) in [7, 11) is 0. The molecule has 1 aromatic carbocycles. The fraction of sp³-hybridized carbons (Fsp3) is 0.727. The summed E-state index contributed by atoms with van der Waals surface area (Å²) in [6.07, 6.45) is 8.28. The second kappa shape index (κ2) is 9.43. The molecular weight excluding hydrogens is 346 g/mol. The number of benzene rings is 1. The third-order valence-corrected chi connectivity index (χ3v) is 7.01. The first-order valence-electron chi connectivity index (χ1n) is 10.2. The molecule has 0 amide bonds. The van der Waals surface area contributed by atoms with Gasteiger partial charge in [-0.3, -0.25) is 0 Å². The lowest BCUT2D eigenvalue weighted by Gasteiger charge is -2.45. The molecule has 3 rings (SSSR count). The molecular formula is C22H36ClNO2. The van der Waals surface area contributed by atoms with Gasteiger partial charge in [-0.15, -0.1) is 12.4 Å². The molecule has 3 atom stereocenters. The number of hydrogen-bond donors (Lipinski definition) is 2. The molecule has 3 nitrogen and oxygen atoms in total. The maximum Gasteiger partial charge on any atom is 0.115 e. The van der Waals surface area contributed by atoms with Gasteiger partial charge < -0.3 is 15.1 Å². The average molecular weight is 382 g/mol. The Morgan fingerprint density at radius 2 is 1.96 bits per heavy atom. The van der Waals surface area contributed by atoms with E-state index >= 15 is 0 Å². The van der Waals surface area contributed by atoms with Gasteiger partial charge in [-0.2, -0.15) is 0 Å². The van der Waals surface area contributed by atoms with Gasteiger partial charge in [0.15, 0.2) is 0 Å². The molecule has 1 saturated heterocycles. The van der Waals surface area contributed by atoms with Crippen molar-refractivity contribution in [2.45, 2.75) is 70.3 Å². The smallest absolute Gasteiger partial charge is 0.115 e. The number of aromatic hydroxyl groups is 1. The van der Waals surface area contributed by atoms with Gasteiger partial charge >= 0.3 is 0 Å². The van der Waals surface area contributed by atoms with Crippen LogP contribution in [0.2, 0.25) is 0 Å². The number of phenols is 1. The van der Waals surface area contributed by atoms with Gasteiger partial charge in [0.05, 0.1) is 6.10 Å². The van der Waals surface area contributed by atoms with Crippen molar-refractivity contribution in [1.82, 2.24) is 4.90 Å². The first-order chi connectivity index (χ1) is 12.0. The Labute approximate surface area is 165 Å². The fourth-order valence-electron chi connectivity index (χ4n) is 4.88. The monoisotopic (exact) mass is 381 g/mol. The molecule has 26 heavy (non-hydrogen) atoms. The average Bonchev–Trinajstić information content (AvgIpc) is 2.63. The molecule has 1 aliphatic heterocycles. The highest BCUT2D eigenvalue weighted by Crippen LogP contribution is 2.40. The number of rotatable bonds is 5. The van der Waals surface area contributed by atoms with Crippen molar-refractivity contribution < 1.29 is 10.2 Å². The standard InChI is InChI=1S/C22H35NO2.ClH/c1-17-16-23(13-11-21(25)18-7-4-3-5-8-18)14-12-22(17,2)19-9-6-10-20(24)15-19;/h6,9-10,15,17-18,21,24-25H,3-5,7-8,11-14,16H2,1-2H3;1H/t17-,21+,22-;/m0./s1. The summed E-state index contributed by atoms with van der Waals surface area (Å²) in [5, 5.41) is 20.4. The van der Waals surface area contributed by atoms with Crippen LogP contribution in [-0.2, 0) is 5.41 Å². The van der Waals surface area contributed by atoms with Crippen LogP contribution >= 0.6 is 12.4 Å². The SMILES string of the molecule is C[C@H]1CN(CC[C@@H](O)C2CCCCC2)CC[C@]1(C)c1cccc(O)c1.Cl. The summed E-state index contributed by atoms with van der Waals surface area (Å²) in [4.78, 5) is 2.53. The normalized spacial score (nSPS) is 29.1. The molecule has 2 fully saturated rings. The Kier molecular flexibility index (Phi) is 7.81. The minimum atomic E-state index is -0.116. The lowest BCUT2D eigenvalue weighted by Crippen LogP contribution is -2.48. The van der Waals surface area contributed by atoms with Crippen molar-refractivity contribution >= 4 is 12.4 Å². The first-order valence-corrected chi connectivity index (χ1v) is 10.2. The second-order valence-corrected chi connectivity index (χ2v) is 8.67. The number of phenolic OH excluding ortho intramolecular Hbond substituents is 1. The lowest BCUT2D eigenvalue weighted by molar-refractivity contribution is 0.0502. The minimum absolute atomic E-state index is 0. The van der Waals surface area contributed by atoms with Crippen molar-refractivity contribution in [3.8, 4) is 5.75 Å². The molecule has 2 N–H and O–H groups in total. The molecule has 0 radical (unpaired) electrons. The molecule has 1 aliphatic carbocycles. The van der Waals surface area contributed by atoms with Crippen LogP contribution in [0.15, 0.2) is 24.3 Å². The number of piperidine rings is 1. The minimum Gasteiger partial charge on any atom is -0.508 e. The number of hydrogen-bond acceptors (Lipinski definition) is 3. The van der Waals surface area contributed by atoms with Gasteiger partial charge in [-0.05, 0) is 67.2 Å². The van der Waals surface area contributed by atoms with Crippen LogP contribution in [0.1, 0.15) is 64.4 Å². The second-order valence-electron chi connectivity index (χ2n) is 8.67. The van der Waals surface area contributed by atoms with Crippen LogP contribution < -0.4 is 0 Å². The predicted molar refractivity (Wildman–Crippen MR) is 110 cm³/mol. The van der Waals surface area contributed by atoms with E-state index in [0.717, 1.165) is 32.5 Å². The number of aliphatic hydroxyl groups excluding tert-OH is 1. The van der Waals surface area contributed by atoms with Crippen molar-refractivity contribution in [2.75, 3.05) is 19.6 Å². The summed E-state index contributed by atoms with van der Waals surface area (Å²) in [5.74, 6) is 1.44. The highest BCUT2D eigenvalue weighted by atomic mass is 35.5. The molecule has 0 aromatic heterocycles. The van der Waals surface area contributed by atoms with E-state index in [1.165, 1.54) is 37.7 Å². The zero-order chi connectivity index (χ0) is 17.9. The third kappa shape index (κ3) is 4.94. The van der Waals surface area contributed by atoms with Gasteiger partial charge in [0, 0.05) is 13.1 Å². The molecule has 1 aromatic rings. The molecule has 4 heteroatoms. The van der Waals surface area contributed by atoms with Gasteiger partial charge in [0.2, 0.25) is 0 Å². The molecule has 1 saturated carbocycles. The predicted octanol–water partition coefficient (Wildman–Crippen LogP) is 4.74. The number of likely N-dealkylation sites (tertiary alicyclic amines) is 1. The molecule has 148 valence electrons. The Morgan fingerprint density at radius 1 is 1.23 bits per heavy atom. The van der Waals surface area contributed by atoms with E-state index in [9.17, 15) is 10.2 Å². The van der Waals surface area contributed by atoms with Gasteiger partial charge in [-0.25, -0.2) is 0 Å². The molecule has 1 heterocycles. The van der Waals surface area contributed by atoms with Crippen molar-refractivity contribution in [3.05, 3.63) is 29.8 Å². The highest BCUT2D eigenvalue weighted by Gasteiger charge is 2.38. The van der Waals surface area contributed by atoms with Crippen molar-refractivity contribution in [2.24, 2.45) is 11.8 Å². The van der Waals surface area contributed by atoms with E-state index in [2.05, 4.69) is 24.8 Å². The largest absolute Gasteiger partial charge is 0.508 e. The molecule has 0 bridgehead atoms. The Morgan fingerprint density at radius 3 is 2.62 bits per heavy atom. The number of nitrogens with zero attached hydrogens (tertiary/aromatic N) is 1. The van der Waals surface area contributed by atoms with Crippen LogP contribution in [0.4, 0.5) is 0 Å².